The SMILES string of the molecule is CCCCc1cccc(N=NC)c1. The third kappa shape index (κ3) is 3.36. The van der Waals surface area contributed by atoms with Crippen molar-refractivity contribution in [3.05, 3.63) is 29.8 Å². The first-order valence-corrected chi connectivity index (χ1v) is 4.75. The molecule has 0 aliphatic rings. The Labute approximate surface area is 79.7 Å². The molecule has 1 aromatic rings. The summed E-state index contributed by atoms with van der Waals surface area (Å²) in [5.74, 6) is 0. The Hall–Kier alpha value is -1.18. The van der Waals surface area contributed by atoms with Crippen LogP contribution in [0.2, 0.25) is 0 Å². The number of aryl methyl sites for hydroxylation is 1. The molecule has 1 rings (SSSR count). The largest absolute Gasteiger partial charge is 0.192 e. The molecule has 13 heavy (non-hydrogen) atoms. The fourth-order valence-electron chi connectivity index (χ4n) is 1.27. The van der Waals surface area contributed by atoms with Gasteiger partial charge in [0, 0.05) is 7.05 Å². The second-order valence-corrected chi connectivity index (χ2v) is 3.07. The van der Waals surface area contributed by atoms with E-state index in [1.807, 2.05) is 12.1 Å². The molecule has 0 amide bonds. The van der Waals surface area contributed by atoms with E-state index >= 15 is 0 Å². The maximum absolute atomic E-state index is 4.00. The molecule has 0 spiro atoms. The molecule has 0 aliphatic heterocycles. The van der Waals surface area contributed by atoms with E-state index in [1.54, 1.807) is 7.05 Å². The molecule has 2 nitrogen and oxygen atoms in total. The van der Waals surface area contributed by atoms with Crippen LogP contribution in [-0.2, 0) is 6.42 Å². The standard InChI is InChI=1S/C11H16N2/c1-3-4-6-10-7-5-8-11(9-10)13-12-2/h5,7-9H,3-4,6H2,1-2H3. The molecular formula is C11H16N2. The summed E-state index contributed by atoms with van der Waals surface area (Å²) in [4.78, 5) is 0. The van der Waals surface area contributed by atoms with Crippen LogP contribution in [-0.4, -0.2) is 7.05 Å². The van der Waals surface area contributed by atoms with Crippen molar-refractivity contribution in [1.82, 2.24) is 0 Å². The zero-order chi connectivity index (χ0) is 9.52. The van der Waals surface area contributed by atoms with Crippen LogP contribution in [0, 0.1) is 0 Å². The Morgan fingerprint density at radius 1 is 1.31 bits per heavy atom. The zero-order valence-electron chi connectivity index (χ0n) is 8.33. The van der Waals surface area contributed by atoms with Crippen LogP contribution in [0.25, 0.3) is 0 Å². The van der Waals surface area contributed by atoms with Gasteiger partial charge in [-0.05, 0) is 30.5 Å². The van der Waals surface area contributed by atoms with Gasteiger partial charge in [-0.2, -0.15) is 10.2 Å². The highest BCUT2D eigenvalue weighted by molar-refractivity contribution is 5.39. The van der Waals surface area contributed by atoms with Gasteiger partial charge in [-0.15, -0.1) is 0 Å². The summed E-state index contributed by atoms with van der Waals surface area (Å²) in [5.41, 5.74) is 2.31. The molecule has 0 aliphatic carbocycles. The Kier molecular flexibility index (Phi) is 4.16. The van der Waals surface area contributed by atoms with Crippen molar-refractivity contribution in [3.8, 4) is 0 Å². The molecule has 1 aromatic carbocycles. The van der Waals surface area contributed by atoms with Crippen LogP contribution in [0.3, 0.4) is 0 Å². The van der Waals surface area contributed by atoms with E-state index in [0.29, 0.717) is 0 Å². The smallest absolute Gasteiger partial charge is 0.0855 e. The van der Waals surface area contributed by atoms with Gasteiger partial charge in [-0.1, -0.05) is 25.5 Å². The van der Waals surface area contributed by atoms with Crippen molar-refractivity contribution in [2.75, 3.05) is 7.05 Å². The van der Waals surface area contributed by atoms with Crippen LogP contribution < -0.4 is 0 Å². The van der Waals surface area contributed by atoms with E-state index in [0.717, 1.165) is 12.1 Å². The third-order valence-corrected chi connectivity index (χ3v) is 1.95. The van der Waals surface area contributed by atoms with Crippen LogP contribution in [0.15, 0.2) is 34.5 Å². The highest BCUT2D eigenvalue weighted by Gasteiger charge is 1.93. The third-order valence-electron chi connectivity index (χ3n) is 1.95. The minimum absolute atomic E-state index is 0.955. The molecule has 0 bridgehead atoms. The topological polar surface area (TPSA) is 24.7 Å². The number of hydrogen-bond donors (Lipinski definition) is 0. The summed E-state index contributed by atoms with van der Waals surface area (Å²) in [6.07, 6.45) is 3.62. The fraction of sp³-hybridized carbons (Fsp3) is 0.455. The summed E-state index contributed by atoms with van der Waals surface area (Å²) in [6, 6.07) is 8.25. The van der Waals surface area contributed by atoms with Crippen molar-refractivity contribution < 1.29 is 0 Å². The Morgan fingerprint density at radius 3 is 2.85 bits per heavy atom. The van der Waals surface area contributed by atoms with E-state index in [-0.39, 0.29) is 0 Å². The molecule has 0 saturated carbocycles. The first-order chi connectivity index (χ1) is 6.36. The Morgan fingerprint density at radius 2 is 2.15 bits per heavy atom. The summed E-state index contributed by atoms with van der Waals surface area (Å²) < 4.78 is 0. The van der Waals surface area contributed by atoms with Crippen molar-refractivity contribution in [3.63, 3.8) is 0 Å². The maximum Gasteiger partial charge on any atom is 0.0855 e. The first kappa shape index (κ1) is 9.90. The van der Waals surface area contributed by atoms with Gasteiger partial charge in [-0.3, -0.25) is 0 Å². The molecule has 0 aromatic heterocycles. The van der Waals surface area contributed by atoms with Gasteiger partial charge in [0.25, 0.3) is 0 Å². The maximum atomic E-state index is 4.00. The van der Waals surface area contributed by atoms with Crippen LogP contribution in [0.5, 0.6) is 0 Å². The van der Waals surface area contributed by atoms with E-state index in [1.165, 1.54) is 18.4 Å². The molecule has 0 heterocycles. The average molecular weight is 176 g/mol. The lowest BCUT2D eigenvalue weighted by molar-refractivity contribution is 0.795. The number of rotatable bonds is 4. The fourth-order valence-corrected chi connectivity index (χ4v) is 1.27. The number of unbranched alkanes of at least 4 members (excludes halogenated alkanes) is 1. The molecular weight excluding hydrogens is 160 g/mol. The molecule has 0 fully saturated rings. The molecule has 0 N–H and O–H groups in total. The van der Waals surface area contributed by atoms with Gasteiger partial charge in [-0.25, -0.2) is 0 Å². The molecule has 0 saturated heterocycles. The molecule has 0 radical (unpaired) electrons. The Balaban J connectivity index is 2.67. The zero-order valence-corrected chi connectivity index (χ0v) is 8.33. The van der Waals surface area contributed by atoms with E-state index in [9.17, 15) is 0 Å². The van der Waals surface area contributed by atoms with Crippen molar-refractivity contribution in [1.29, 1.82) is 0 Å². The highest BCUT2D eigenvalue weighted by Crippen LogP contribution is 2.15. The summed E-state index contributed by atoms with van der Waals surface area (Å²) in [5, 5.41) is 7.75. The lowest BCUT2D eigenvalue weighted by atomic mass is 10.1. The summed E-state index contributed by atoms with van der Waals surface area (Å²) in [7, 11) is 1.69. The Bertz CT molecular complexity index is 279. The van der Waals surface area contributed by atoms with Gasteiger partial charge in [0.05, 0.1) is 5.69 Å². The monoisotopic (exact) mass is 176 g/mol. The minimum atomic E-state index is 0.955. The predicted octanol–water partition coefficient (Wildman–Crippen LogP) is 3.74. The average Bonchev–Trinajstić information content (AvgIpc) is 2.16. The predicted molar refractivity (Wildman–Crippen MR) is 55.5 cm³/mol. The quantitative estimate of drug-likeness (QED) is 0.624. The van der Waals surface area contributed by atoms with E-state index < -0.39 is 0 Å². The van der Waals surface area contributed by atoms with Crippen molar-refractivity contribution >= 4 is 5.69 Å². The first-order valence-electron chi connectivity index (χ1n) is 4.75. The highest BCUT2D eigenvalue weighted by atomic mass is 15.1. The number of benzene rings is 1. The van der Waals surface area contributed by atoms with Gasteiger partial charge < -0.3 is 0 Å². The van der Waals surface area contributed by atoms with Crippen molar-refractivity contribution in [2.45, 2.75) is 26.2 Å². The van der Waals surface area contributed by atoms with Gasteiger partial charge in [0.2, 0.25) is 0 Å². The lowest BCUT2D eigenvalue weighted by Gasteiger charge is -1.99. The summed E-state index contributed by atoms with van der Waals surface area (Å²) in [6.45, 7) is 2.20. The summed E-state index contributed by atoms with van der Waals surface area (Å²) >= 11 is 0. The molecule has 0 unspecified atom stereocenters. The number of nitrogens with zero attached hydrogens (tertiary/aromatic N) is 2. The van der Waals surface area contributed by atoms with Gasteiger partial charge in [0.15, 0.2) is 0 Å². The van der Waals surface area contributed by atoms with Crippen LogP contribution >= 0.6 is 0 Å². The number of azo groups is 1. The lowest BCUT2D eigenvalue weighted by Crippen LogP contribution is -1.82. The van der Waals surface area contributed by atoms with E-state index in [4.69, 9.17) is 0 Å². The second-order valence-electron chi connectivity index (χ2n) is 3.07. The van der Waals surface area contributed by atoms with Crippen LogP contribution in [0.4, 0.5) is 5.69 Å². The molecule has 2 heteroatoms. The molecule has 0 atom stereocenters. The number of hydrogen-bond acceptors (Lipinski definition) is 2. The van der Waals surface area contributed by atoms with E-state index in [2.05, 4.69) is 29.3 Å². The minimum Gasteiger partial charge on any atom is -0.192 e. The van der Waals surface area contributed by atoms with Crippen LogP contribution in [0.1, 0.15) is 25.3 Å². The molecule has 70 valence electrons. The normalized spacial score (nSPS) is 10.9. The second kappa shape index (κ2) is 5.46. The van der Waals surface area contributed by atoms with Crippen molar-refractivity contribution in [2.24, 2.45) is 10.2 Å². The van der Waals surface area contributed by atoms with Gasteiger partial charge >= 0.3 is 0 Å². The van der Waals surface area contributed by atoms with Gasteiger partial charge in [0.1, 0.15) is 0 Å².